The number of benzene rings is 1. The lowest BCUT2D eigenvalue weighted by atomic mass is 9.98. The number of aldehydes is 1. The van der Waals surface area contributed by atoms with Gasteiger partial charge in [0, 0.05) is 5.69 Å². The van der Waals surface area contributed by atoms with Crippen molar-refractivity contribution >= 4 is 23.3 Å². The summed E-state index contributed by atoms with van der Waals surface area (Å²) in [5.41, 5.74) is 11.2. The smallest absolute Gasteiger partial charge is 0.160 e. The van der Waals surface area contributed by atoms with E-state index in [9.17, 15) is 4.79 Å². The second-order valence-corrected chi connectivity index (χ2v) is 4.81. The van der Waals surface area contributed by atoms with Gasteiger partial charge in [-0.25, -0.2) is 0 Å². The van der Waals surface area contributed by atoms with Crippen LogP contribution in [-0.4, -0.2) is 6.29 Å². The first-order valence-corrected chi connectivity index (χ1v) is 5.90. The third kappa shape index (κ3) is 1.86. The molecule has 0 bridgehead atoms. The Balaban J connectivity index is 2.58. The van der Waals surface area contributed by atoms with E-state index >= 15 is 0 Å². The first kappa shape index (κ1) is 10.9. The fraction of sp³-hybridized carbons (Fsp3) is 0.154. The van der Waals surface area contributed by atoms with E-state index in [1.54, 1.807) is 0 Å². The summed E-state index contributed by atoms with van der Waals surface area (Å²) in [5.74, 6) is 0. The van der Waals surface area contributed by atoms with Gasteiger partial charge in [0.05, 0.1) is 4.88 Å². The average Bonchev–Trinajstić information content (AvgIpc) is 2.71. The molecule has 82 valence electrons. The molecule has 16 heavy (non-hydrogen) atoms. The maximum absolute atomic E-state index is 10.7. The molecule has 1 aromatic carbocycles. The van der Waals surface area contributed by atoms with Crippen LogP contribution in [0.5, 0.6) is 0 Å². The van der Waals surface area contributed by atoms with E-state index in [-0.39, 0.29) is 0 Å². The minimum absolute atomic E-state index is 0.745. The fourth-order valence-corrected chi connectivity index (χ4v) is 2.45. The molecule has 0 unspecified atom stereocenters. The lowest BCUT2D eigenvalue weighted by Crippen LogP contribution is -1.91. The quantitative estimate of drug-likeness (QED) is 0.635. The third-order valence-electron chi connectivity index (χ3n) is 2.74. The van der Waals surface area contributed by atoms with E-state index in [0.717, 1.165) is 28.0 Å². The van der Waals surface area contributed by atoms with Crippen molar-refractivity contribution in [1.82, 2.24) is 0 Å². The molecule has 2 nitrogen and oxygen atoms in total. The zero-order valence-corrected chi connectivity index (χ0v) is 10.1. The highest BCUT2D eigenvalue weighted by Crippen LogP contribution is 2.31. The average molecular weight is 231 g/mol. The second kappa shape index (κ2) is 4.10. The molecule has 0 saturated carbocycles. The second-order valence-electron chi connectivity index (χ2n) is 3.87. The Morgan fingerprint density at radius 3 is 2.62 bits per heavy atom. The van der Waals surface area contributed by atoms with Crippen molar-refractivity contribution in [3.05, 3.63) is 39.6 Å². The van der Waals surface area contributed by atoms with E-state index in [1.165, 1.54) is 22.5 Å². The Morgan fingerprint density at radius 2 is 2.00 bits per heavy atom. The number of hydrogen-bond donors (Lipinski definition) is 1. The first-order chi connectivity index (χ1) is 7.61. The molecule has 0 radical (unpaired) electrons. The van der Waals surface area contributed by atoms with Crippen molar-refractivity contribution in [2.45, 2.75) is 13.8 Å². The Hall–Kier alpha value is -1.61. The van der Waals surface area contributed by atoms with Crippen LogP contribution in [0.15, 0.2) is 23.6 Å². The van der Waals surface area contributed by atoms with Crippen LogP contribution in [0.2, 0.25) is 0 Å². The van der Waals surface area contributed by atoms with Crippen LogP contribution >= 0.6 is 11.3 Å². The van der Waals surface area contributed by atoms with E-state index in [2.05, 4.69) is 6.92 Å². The van der Waals surface area contributed by atoms with Crippen LogP contribution in [0.3, 0.4) is 0 Å². The number of thiophene rings is 1. The van der Waals surface area contributed by atoms with Crippen molar-refractivity contribution in [2.75, 3.05) is 5.73 Å². The van der Waals surface area contributed by atoms with Gasteiger partial charge in [0.25, 0.3) is 0 Å². The highest BCUT2D eigenvalue weighted by molar-refractivity contribution is 7.12. The molecule has 0 aliphatic rings. The molecule has 0 aliphatic heterocycles. The number of rotatable bonds is 2. The summed E-state index contributed by atoms with van der Waals surface area (Å²) >= 11 is 1.46. The zero-order chi connectivity index (χ0) is 11.7. The number of carbonyl (C=O) groups is 1. The number of hydrogen-bond acceptors (Lipinski definition) is 3. The maximum Gasteiger partial charge on any atom is 0.160 e. The van der Waals surface area contributed by atoms with Gasteiger partial charge < -0.3 is 5.73 Å². The van der Waals surface area contributed by atoms with E-state index in [0.29, 0.717) is 0 Å². The maximum atomic E-state index is 10.7. The molecular weight excluding hydrogens is 218 g/mol. The summed E-state index contributed by atoms with van der Waals surface area (Å²) in [5, 5.41) is 1.99. The Labute approximate surface area is 98.7 Å². The third-order valence-corrected chi connectivity index (χ3v) is 3.59. The normalized spacial score (nSPS) is 10.4. The van der Waals surface area contributed by atoms with Crippen LogP contribution in [0, 0.1) is 13.8 Å². The van der Waals surface area contributed by atoms with Crippen LogP contribution < -0.4 is 5.73 Å². The molecular formula is C13H13NOS. The highest BCUT2D eigenvalue weighted by atomic mass is 32.1. The van der Waals surface area contributed by atoms with Crippen molar-refractivity contribution in [3.63, 3.8) is 0 Å². The van der Waals surface area contributed by atoms with Gasteiger partial charge in [0.1, 0.15) is 0 Å². The van der Waals surface area contributed by atoms with Gasteiger partial charge in [0.2, 0.25) is 0 Å². The minimum Gasteiger partial charge on any atom is -0.399 e. The molecule has 0 fully saturated rings. The van der Waals surface area contributed by atoms with Crippen molar-refractivity contribution in [2.24, 2.45) is 0 Å². The summed E-state index contributed by atoms with van der Waals surface area (Å²) in [7, 11) is 0. The minimum atomic E-state index is 0.745. The molecule has 0 saturated heterocycles. The number of aryl methyl sites for hydroxylation is 1. The zero-order valence-electron chi connectivity index (χ0n) is 9.28. The van der Waals surface area contributed by atoms with Gasteiger partial charge in [-0.15, -0.1) is 11.3 Å². The number of anilines is 1. The van der Waals surface area contributed by atoms with Crippen molar-refractivity contribution in [1.29, 1.82) is 0 Å². The highest BCUT2D eigenvalue weighted by Gasteiger charge is 2.07. The van der Waals surface area contributed by atoms with E-state index in [4.69, 9.17) is 5.73 Å². The van der Waals surface area contributed by atoms with Gasteiger partial charge >= 0.3 is 0 Å². The number of nitrogens with two attached hydrogens (primary N) is 1. The Kier molecular flexibility index (Phi) is 2.79. The molecule has 0 aliphatic carbocycles. The van der Waals surface area contributed by atoms with Crippen molar-refractivity contribution < 1.29 is 4.79 Å². The van der Waals surface area contributed by atoms with Crippen LogP contribution in [0.1, 0.15) is 20.8 Å². The van der Waals surface area contributed by atoms with E-state index < -0.39 is 0 Å². The van der Waals surface area contributed by atoms with Crippen LogP contribution in [0.4, 0.5) is 5.69 Å². The van der Waals surface area contributed by atoms with E-state index in [1.807, 2.05) is 30.5 Å². The Morgan fingerprint density at radius 1 is 1.25 bits per heavy atom. The largest absolute Gasteiger partial charge is 0.399 e. The number of nitrogen functional groups attached to an aromatic ring is 1. The summed E-state index contributed by atoms with van der Waals surface area (Å²) in [6.45, 7) is 4.12. The molecule has 0 amide bonds. The lowest BCUT2D eigenvalue weighted by molar-refractivity contribution is 0.112. The molecule has 0 atom stereocenters. The first-order valence-electron chi connectivity index (χ1n) is 5.02. The van der Waals surface area contributed by atoms with Gasteiger partial charge in [-0.05, 0) is 59.7 Å². The molecule has 0 spiro atoms. The van der Waals surface area contributed by atoms with Crippen LogP contribution in [0.25, 0.3) is 11.1 Å². The predicted octanol–water partition coefficient (Wildman–Crippen LogP) is 3.43. The predicted molar refractivity (Wildman–Crippen MR) is 69.0 cm³/mol. The lowest BCUT2D eigenvalue weighted by Gasteiger charge is -2.08. The van der Waals surface area contributed by atoms with Gasteiger partial charge in [-0.1, -0.05) is 0 Å². The summed E-state index contributed by atoms with van der Waals surface area (Å²) in [6.07, 6.45) is 0.878. The summed E-state index contributed by atoms with van der Waals surface area (Å²) in [4.78, 5) is 11.4. The topological polar surface area (TPSA) is 43.1 Å². The van der Waals surface area contributed by atoms with Gasteiger partial charge in [-0.2, -0.15) is 0 Å². The summed E-state index contributed by atoms with van der Waals surface area (Å²) in [6, 6.07) is 5.82. The molecule has 2 N–H and O–H groups in total. The molecule has 1 aromatic heterocycles. The van der Waals surface area contributed by atoms with Gasteiger partial charge in [-0.3, -0.25) is 4.79 Å². The molecule has 2 aromatic rings. The molecule has 3 heteroatoms. The number of carbonyl (C=O) groups excluding carboxylic acids is 1. The Bertz CT molecular complexity index is 543. The van der Waals surface area contributed by atoms with Crippen LogP contribution in [-0.2, 0) is 0 Å². The standard InChI is InChI=1S/C13H13NOS/c1-8-3-11(14)5-13(9(8)2)10-4-12(6-15)16-7-10/h3-7H,14H2,1-2H3. The fourth-order valence-electron chi connectivity index (χ4n) is 1.74. The SMILES string of the molecule is Cc1cc(N)cc(-c2csc(C=O)c2)c1C. The summed E-state index contributed by atoms with van der Waals surface area (Å²) < 4.78 is 0. The monoisotopic (exact) mass is 231 g/mol. The molecule has 2 rings (SSSR count). The molecule has 1 heterocycles. The van der Waals surface area contributed by atoms with Crippen molar-refractivity contribution in [3.8, 4) is 11.1 Å². The van der Waals surface area contributed by atoms with Gasteiger partial charge in [0.15, 0.2) is 6.29 Å².